The van der Waals surface area contributed by atoms with Crippen molar-refractivity contribution in [2.24, 2.45) is 16.7 Å². The molecule has 0 amide bonds. The molecule has 0 aromatic heterocycles. The predicted octanol–water partition coefficient (Wildman–Crippen LogP) is 2.00. The fourth-order valence-corrected chi connectivity index (χ4v) is 3.67. The highest BCUT2D eigenvalue weighted by atomic mass is 16.7. The van der Waals surface area contributed by atoms with E-state index in [1.165, 1.54) is 0 Å². The maximum Gasteiger partial charge on any atom is 0.180 e. The third kappa shape index (κ3) is 0.918. The van der Waals surface area contributed by atoms with E-state index in [1.807, 2.05) is 6.92 Å². The van der Waals surface area contributed by atoms with Crippen LogP contribution in [0, 0.1) is 16.7 Å². The van der Waals surface area contributed by atoms with Crippen LogP contribution in [-0.4, -0.2) is 25.8 Å². The number of carbonyl (C=O) groups is 1. The summed E-state index contributed by atoms with van der Waals surface area (Å²) < 4.78 is 11.1. The van der Waals surface area contributed by atoms with E-state index < -0.39 is 11.2 Å². The van der Waals surface area contributed by atoms with E-state index in [9.17, 15) is 4.79 Å². The van der Waals surface area contributed by atoms with E-state index in [0.717, 1.165) is 6.42 Å². The topological polar surface area (TPSA) is 35.5 Å². The highest BCUT2D eigenvalue weighted by molar-refractivity contribution is 5.90. The number of hydrogen-bond acceptors (Lipinski definition) is 3. The smallest absolute Gasteiger partial charge is 0.180 e. The van der Waals surface area contributed by atoms with E-state index in [2.05, 4.69) is 13.8 Å². The lowest BCUT2D eigenvalue weighted by atomic mass is 9.68. The highest BCUT2D eigenvalue weighted by Gasteiger charge is 2.74. The van der Waals surface area contributed by atoms with Crippen LogP contribution in [0.5, 0.6) is 0 Å². The second-order valence-electron chi connectivity index (χ2n) is 5.54. The van der Waals surface area contributed by atoms with E-state index in [-0.39, 0.29) is 11.2 Å². The average molecular weight is 212 g/mol. The summed E-state index contributed by atoms with van der Waals surface area (Å²) >= 11 is 0. The first kappa shape index (κ1) is 11.1. The molecule has 2 aliphatic rings. The second kappa shape index (κ2) is 2.83. The maximum atomic E-state index is 12.1. The van der Waals surface area contributed by atoms with Crippen molar-refractivity contribution in [1.82, 2.24) is 0 Å². The summed E-state index contributed by atoms with van der Waals surface area (Å²) in [5, 5.41) is 0. The lowest BCUT2D eigenvalue weighted by Gasteiger charge is -2.44. The van der Waals surface area contributed by atoms with Crippen LogP contribution in [0.1, 0.15) is 33.6 Å². The minimum atomic E-state index is -0.712. The number of ketones is 1. The van der Waals surface area contributed by atoms with Gasteiger partial charge in [-0.2, -0.15) is 0 Å². The Morgan fingerprint density at radius 3 is 2.00 bits per heavy atom. The summed E-state index contributed by atoms with van der Waals surface area (Å²) in [7, 11) is 3.28. The van der Waals surface area contributed by atoms with Gasteiger partial charge in [-0.25, -0.2) is 0 Å². The van der Waals surface area contributed by atoms with Gasteiger partial charge in [0.2, 0.25) is 0 Å². The van der Waals surface area contributed by atoms with Crippen molar-refractivity contribution in [2.75, 3.05) is 14.2 Å². The Balaban J connectivity index is 2.55. The van der Waals surface area contributed by atoms with Crippen molar-refractivity contribution in [1.29, 1.82) is 0 Å². The third-order valence-corrected chi connectivity index (χ3v) is 5.24. The Morgan fingerprint density at radius 1 is 1.20 bits per heavy atom. The van der Waals surface area contributed by atoms with Crippen LogP contribution < -0.4 is 0 Å². The Morgan fingerprint density at radius 2 is 1.73 bits per heavy atom. The third-order valence-electron chi connectivity index (χ3n) is 5.24. The summed E-state index contributed by atoms with van der Waals surface area (Å²) in [6.07, 6.45) is 1.51. The Kier molecular flexibility index (Phi) is 2.09. The molecule has 0 spiro atoms. The van der Waals surface area contributed by atoms with Gasteiger partial charge in [0.05, 0.1) is 5.41 Å². The maximum absolute atomic E-state index is 12.1. The second-order valence-corrected chi connectivity index (χ2v) is 5.54. The molecule has 2 fully saturated rings. The van der Waals surface area contributed by atoms with Gasteiger partial charge in [0.25, 0.3) is 0 Å². The molecule has 86 valence electrons. The summed E-state index contributed by atoms with van der Waals surface area (Å²) in [6.45, 7) is 6.31. The molecule has 0 aliphatic heterocycles. The standard InChI is InChI=1S/C12H20O3/c1-10(2)8-6-9(13)11(10,3)12(7-8,14-4)15-5/h8H,6-7H2,1-5H3. The zero-order chi connectivity index (χ0) is 11.5. The molecule has 0 heterocycles. The average Bonchev–Trinajstić information content (AvgIpc) is 2.47. The Labute approximate surface area is 91.1 Å². The first-order valence-electron chi connectivity index (χ1n) is 5.49. The molecule has 15 heavy (non-hydrogen) atoms. The van der Waals surface area contributed by atoms with Crippen LogP contribution in [0.3, 0.4) is 0 Å². The first-order valence-corrected chi connectivity index (χ1v) is 5.49. The van der Waals surface area contributed by atoms with Crippen molar-refractivity contribution >= 4 is 5.78 Å². The van der Waals surface area contributed by atoms with Crippen molar-refractivity contribution in [2.45, 2.75) is 39.4 Å². The van der Waals surface area contributed by atoms with Crippen molar-refractivity contribution in [3.63, 3.8) is 0 Å². The number of fused-ring (bicyclic) bond motifs is 2. The molecule has 2 saturated carbocycles. The van der Waals surface area contributed by atoms with Crippen LogP contribution in [0.25, 0.3) is 0 Å². The number of rotatable bonds is 2. The molecule has 2 bridgehead atoms. The van der Waals surface area contributed by atoms with Gasteiger partial charge in [-0.1, -0.05) is 13.8 Å². The van der Waals surface area contributed by atoms with E-state index in [0.29, 0.717) is 12.3 Å². The molecule has 2 atom stereocenters. The van der Waals surface area contributed by atoms with E-state index >= 15 is 0 Å². The van der Waals surface area contributed by atoms with Crippen molar-refractivity contribution < 1.29 is 14.3 Å². The molecule has 2 unspecified atom stereocenters. The van der Waals surface area contributed by atoms with Crippen molar-refractivity contribution in [3.05, 3.63) is 0 Å². The number of Topliss-reactive ketones (excluding diaryl/α,β-unsaturated/α-hetero) is 1. The number of methoxy groups -OCH3 is 2. The van der Waals surface area contributed by atoms with E-state index in [1.54, 1.807) is 14.2 Å². The molecular formula is C12H20O3. The molecule has 3 heteroatoms. The number of ether oxygens (including phenoxy) is 2. The largest absolute Gasteiger partial charge is 0.352 e. The van der Waals surface area contributed by atoms with Gasteiger partial charge >= 0.3 is 0 Å². The Hall–Kier alpha value is -0.410. The quantitative estimate of drug-likeness (QED) is 0.657. The van der Waals surface area contributed by atoms with Crippen LogP contribution in [0.2, 0.25) is 0 Å². The van der Waals surface area contributed by atoms with E-state index in [4.69, 9.17) is 9.47 Å². The number of hydrogen-bond donors (Lipinski definition) is 0. The molecule has 2 rings (SSSR count). The highest BCUT2D eigenvalue weighted by Crippen LogP contribution is 2.68. The van der Waals surface area contributed by atoms with Crippen molar-refractivity contribution in [3.8, 4) is 0 Å². The van der Waals surface area contributed by atoms with Crippen LogP contribution in [0.15, 0.2) is 0 Å². The molecule has 0 N–H and O–H groups in total. The fourth-order valence-electron chi connectivity index (χ4n) is 3.67. The van der Waals surface area contributed by atoms with Gasteiger partial charge in [0, 0.05) is 27.1 Å². The van der Waals surface area contributed by atoms with Gasteiger partial charge in [0.15, 0.2) is 5.79 Å². The zero-order valence-electron chi connectivity index (χ0n) is 10.2. The van der Waals surface area contributed by atoms with Crippen LogP contribution in [0.4, 0.5) is 0 Å². The fraction of sp³-hybridized carbons (Fsp3) is 0.917. The summed E-state index contributed by atoms with van der Waals surface area (Å²) in [5.74, 6) is -0.0430. The minimum Gasteiger partial charge on any atom is -0.352 e. The zero-order valence-corrected chi connectivity index (χ0v) is 10.2. The lowest BCUT2D eigenvalue weighted by Crippen LogP contribution is -2.54. The Bertz CT molecular complexity index is 304. The van der Waals surface area contributed by atoms with Gasteiger partial charge in [-0.05, 0) is 18.3 Å². The minimum absolute atomic E-state index is 0.0316. The normalized spacial score (nSPS) is 41.1. The lowest BCUT2D eigenvalue weighted by molar-refractivity contribution is -0.264. The van der Waals surface area contributed by atoms with Gasteiger partial charge in [-0.15, -0.1) is 0 Å². The predicted molar refractivity (Wildman–Crippen MR) is 56.4 cm³/mol. The first-order chi connectivity index (χ1) is 6.85. The number of carbonyl (C=O) groups excluding carboxylic acids is 1. The van der Waals surface area contributed by atoms with Gasteiger partial charge in [-0.3, -0.25) is 4.79 Å². The SMILES string of the molecule is COC1(OC)CC2CC(=O)C1(C)C2(C)C. The molecular weight excluding hydrogens is 192 g/mol. The van der Waals surface area contributed by atoms with Gasteiger partial charge in [0.1, 0.15) is 5.78 Å². The monoisotopic (exact) mass is 212 g/mol. The molecule has 0 radical (unpaired) electrons. The molecule has 0 aromatic carbocycles. The van der Waals surface area contributed by atoms with Crippen LogP contribution >= 0.6 is 0 Å². The molecule has 0 saturated heterocycles. The summed E-state index contributed by atoms with van der Waals surface area (Å²) in [6, 6.07) is 0. The molecule has 0 aromatic rings. The molecule has 2 aliphatic carbocycles. The van der Waals surface area contributed by atoms with Crippen LogP contribution in [-0.2, 0) is 14.3 Å². The van der Waals surface area contributed by atoms with Gasteiger partial charge < -0.3 is 9.47 Å². The summed E-state index contributed by atoms with van der Waals surface area (Å²) in [4.78, 5) is 12.1. The molecule has 3 nitrogen and oxygen atoms in total. The summed E-state index contributed by atoms with van der Waals surface area (Å²) in [5.41, 5.74) is -0.537.